The molecule has 0 unspecified atom stereocenters. The number of carbonyl (C=O) groups is 1. The molecular formula is C32H25ClF2N2O4. The minimum Gasteiger partial charge on any atom is -0.489 e. The van der Waals surface area contributed by atoms with Gasteiger partial charge >= 0.3 is 5.97 Å². The van der Waals surface area contributed by atoms with Crippen molar-refractivity contribution in [3.63, 3.8) is 0 Å². The summed E-state index contributed by atoms with van der Waals surface area (Å²) in [5, 5.41) is 9.77. The largest absolute Gasteiger partial charge is 0.489 e. The van der Waals surface area contributed by atoms with Crippen LogP contribution in [0, 0.1) is 11.6 Å². The topological polar surface area (TPSA) is 73.6 Å². The van der Waals surface area contributed by atoms with Crippen LogP contribution < -0.4 is 4.74 Å². The quantitative estimate of drug-likeness (QED) is 0.200. The summed E-state index contributed by atoms with van der Waals surface area (Å²) in [6, 6.07) is 21.3. The lowest BCUT2D eigenvalue weighted by molar-refractivity contribution is -0.0589. The van der Waals surface area contributed by atoms with E-state index in [1.165, 1.54) is 18.2 Å². The van der Waals surface area contributed by atoms with Gasteiger partial charge < -0.3 is 19.1 Å². The number of aromatic carboxylic acids is 1. The average Bonchev–Trinajstić information content (AvgIpc) is 3.26. The van der Waals surface area contributed by atoms with Crippen molar-refractivity contribution in [3.05, 3.63) is 118 Å². The van der Waals surface area contributed by atoms with Crippen LogP contribution in [0.25, 0.3) is 22.2 Å². The molecule has 0 radical (unpaired) electrons. The first-order chi connectivity index (χ1) is 19.8. The number of hydrogen-bond acceptors (Lipinski definition) is 4. The van der Waals surface area contributed by atoms with Crippen molar-refractivity contribution in [3.8, 4) is 16.9 Å². The molecule has 6 nitrogen and oxygen atoms in total. The van der Waals surface area contributed by atoms with Crippen LogP contribution in [0.5, 0.6) is 5.75 Å². The molecule has 1 fully saturated rings. The third kappa shape index (κ3) is 5.80. The molecule has 1 saturated heterocycles. The van der Waals surface area contributed by atoms with E-state index in [0.29, 0.717) is 63.9 Å². The van der Waals surface area contributed by atoms with Crippen molar-refractivity contribution in [2.45, 2.75) is 32.1 Å². The molecule has 9 heteroatoms. The van der Waals surface area contributed by atoms with Crippen molar-refractivity contribution in [2.24, 2.45) is 0 Å². The van der Waals surface area contributed by atoms with Crippen molar-refractivity contribution >= 4 is 28.6 Å². The number of aromatic nitrogens is 2. The number of ether oxygens (including phenoxy) is 2. The Morgan fingerprint density at radius 3 is 2.63 bits per heavy atom. The number of carboxylic acid groups (broad SMARTS) is 1. The molecule has 0 saturated carbocycles. The zero-order chi connectivity index (χ0) is 28.5. The molecule has 4 aromatic carbocycles. The maximum atomic E-state index is 15.4. The van der Waals surface area contributed by atoms with Crippen LogP contribution in [-0.4, -0.2) is 33.3 Å². The molecule has 2 heterocycles. The summed E-state index contributed by atoms with van der Waals surface area (Å²) in [5.41, 5.74) is 3.68. The smallest absolute Gasteiger partial charge is 0.335 e. The van der Waals surface area contributed by atoms with Gasteiger partial charge in [-0.3, -0.25) is 0 Å². The van der Waals surface area contributed by atoms with Crippen LogP contribution in [-0.2, 0) is 24.3 Å². The number of nitrogens with zero attached hydrogens (tertiary/aromatic N) is 2. The van der Waals surface area contributed by atoms with E-state index in [1.807, 2.05) is 10.6 Å². The van der Waals surface area contributed by atoms with E-state index >= 15 is 4.39 Å². The lowest BCUT2D eigenvalue weighted by Gasteiger charge is -2.27. The van der Waals surface area contributed by atoms with Crippen LogP contribution in [0.4, 0.5) is 8.78 Å². The summed E-state index contributed by atoms with van der Waals surface area (Å²) in [4.78, 5) is 16.3. The number of hydrogen-bond donors (Lipinski definition) is 1. The normalized spacial score (nSPS) is 14.7. The van der Waals surface area contributed by atoms with Crippen LogP contribution in [0.3, 0.4) is 0 Å². The van der Waals surface area contributed by atoms with E-state index < -0.39 is 17.6 Å². The van der Waals surface area contributed by atoms with Gasteiger partial charge in [0, 0.05) is 29.2 Å². The summed E-state index contributed by atoms with van der Waals surface area (Å²) in [5.74, 6) is -0.679. The fourth-order valence-electron chi connectivity index (χ4n) is 4.91. The number of carboxylic acids is 1. The monoisotopic (exact) mass is 574 g/mol. The molecule has 0 amide bonds. The molecule has 0 spiro atoms. The molecule has 41 heavy (non-hydrogen) atoms. The van der Waals surface area contributed by atoms with E-state index in [1.54, 1.807) is 54.6 Å². The van der Waals surface area contributed by atoms with Gasteiger partial charge in [0.1, 0.15) is 29.8 Å². The summed E-state index contributed by atoms with van der Waals surface area (Å²) >= 11 is 5.82. The minimum absolute atomic E-state index is 0.00866. The number of imidazole rings is 1. The van der Waals surface area contributed by atoms with Crippen molar-refractivity contribution in [1.29, 1.82) is 0 Å². The molecule has 1 aliphatic rings. The van der Waals surface area contributed by atoms with Crippen molar-refractivity contribution in [2.75, 3.05) is 6.61 Å². The van der Waals surface area contributed by atoms with Crippen LogP contribution in [0.15, 0.2) is 78.9 Å². The van der Waals surface area contributed by atoms with Gasteiger partial charge in [-0.15, -0.1) is 0 Å². The molecule has 6 rings (SSSR count). The van der Waals surface area contributed by atoms with Crippen molar-refractivity contribution < 1.29 is 28.2 Å². The van der Waals surface area contributed by atoms with Gasteiger partial charge in [-0.2, -0.15) is 0 Å². The van der Waals surface area contributed by atoms with Crippen LogP contribution in [0.2, 0.25) is 5.02 Å². The van der Waals surface area contributed by atoms with E-state index in [4.69, 9.17) is 26.1 Å². The lowest BCUT2D eigenvalue weighted by atomic mass is 10.0. The number of fused-ring (bicyclic) bond motifs is 1. The molecule has 208 valence electrons. The highest BCUT2D eigenvalue weighted by molar-refractivity contribution is 6.30. The average molecular weight is 575 g/mol. The molecule has 1 N–H and O–H groups in total. The number of rotatable bonds is 9. The highest BCUT2D eigenvalue weighted by atomic mass is 35.5. The SMILES string of the molecule is O=C(O)c1ccc2nc(Cc3ccc(-c4cccc(OCc5ccc(Cl)cc5F)c4)c(F)c3)n(C[C@@H]3CCO3)c2c1. The molecule has 0 bridgehead atoms. The molecule has 0 aliphatic carbocycles. The first-order valence-electron chi connectivity index (χ1n) is 13.1. The van der Waals surface area contributed by atoms with Gasteiger partial charge in [0.05, 0.1) is 29.2 Å². The van der Waals surface area contributed by atoms with Gasteiger partial charge in [0.15, 0.2) is 0 Å². The Morgan fingerprint density at radius 2 is 1.90 bits per heavy atom. The second-order valence-corrected chi connectivity index (χ2v) is 10.4. The van der Waals surface area contributed by atoms with Gasteiger partial charge in [0.25, 0.3) is 0 Å². The lowest BCUT2D eigenvalue weighted by Crippen LogP contribution is -2.31. The second-order valence-electron chi connectivity index (χ2n) is 9.97. The molecule has 1 aliphatic heterocycles. The third-order valence-electron chi connectivity index (χ3n) is 7.20. The van der Waals surface area contributed by atoms with E-state index in [9.17, 15) is 14.3 Å². The zero-order valence-electron chi connectivity index (χ0n) is 21.8. The Kier molecular flexibility index (Phi) is 7.43. The standard InChI is InChI=1S/C32H25ClF2N2O4/c33-23-7-5-22(27(34)16-23)18-41-24-3-1-2-20(14-24)26-8-4-19(12-28(26)35)13-31-36-29-9-6-21(32(38)39)15-30(29)37(31)17-25-10-11-40-25/h1-9,12,14-16,25H,10-11,13,17-18H2,(H,38,39)/t25-/m0/s1. The highest BCUT2D eigenvalue weighted by Crippen LogP contribution is 2.29. The van der Waals surface area contributed by atoms with Gasteiger partial charge in [-0.25, -0.2) is 18.6 Å². The number of benzene rings is 4. The predicted molar refractivity (Wildman–Crippen MR) is 151 cm³/mol. The predicted octanol–water partition coefficient (Wildman–Crippen LogP) is 7.29. The van der Waals surface area contributed by atoms with Gasteiger partial charge in [0.2, 0.25) is 0 Å². The Labute approximate surface area is 239 Å². The molecule has 5 aromatic rings. The Hall–Kier alpha value is -4.27. The zero-order valence-corrected chi connectivity index (χ0v) is 22.6. The third-order valence-corrected chi connectivity index (χ3v) is 7.44. The Bertz CT molecular complexity index is 1770. The van der Waals surface area contributed by atoms with Gasteiger partial charge in [-0.1, -0.05) is 41.9 Å². The minimum atomic E-state index is -1.01. The first-order valence-corrected chi connectivity index (χ1v) is 13.5. The summed E-state index contributed by atoms with van der Waals surface area (Å²) in [6.45, 7) is 1.25. The van der Waals surface area contributed by atoms with E-state index in [2.05, 4.69) is 0 Å². The van der Waals surface area contributed by atoms with Crippen LogP contribution >= 0.6 is 11.6 Å². The van der Waals surface area contributed by atoms with Crippen LogP contribution in [0.1, 0.15) is 33.7 Å². The first kappa shape index (κ1) is 26.9. The molecular weight excluding hydrogens is 550 g/mol. The molecule has 1 atom stereocenters. The van der Waals surface area contributed by atoms with Gasteiger partial charge in [-0.05, 0) is 66.1 Å². The maximum absolute atomic E-state index is 15.4. The Morgan fingerprint density at radius 1 is 1.05 bits per heavy atom. The fraction of sp³-hybridized carbons (Fsp3) is 0.188. The Balaban J connectivity index is 1.23. The number of halogens is 3. The second kappa shape index (κ2) is 11.3. The van der Waals surface area contributed by atoms with Crippen molar-refractivity contribution in [1.82, 2.24) is 9.55 Å². The highest BCUT2D eigenvalue weighted by Gasteiger charge is 2.23. The van der Waals surface area contributed by atoms with E-state index in [-0.39, 0.29) is 18.3 Å². The maximum Gasteiger partial charge on any atom is 0.335 e. The van der Waals surface area contributed by atoms with E-state index in [0.717, 1.165) is 12.0 Å². The fourth-order valence-corrected chi connectivity index (χ4v) is 5.07. The summed E-state index contributed by atoms with van der Waals surface area (Å²) < 4.78 is 42.9. The summed E-state index contributed by atoms with van der Waals surface area (Å²) in [6.07, 6.45) is 1.30. The molecule has 1 aromatic heterocycles. The summed E-state index contributed by atoms with van der Waals surface area (Å²) in [7, 11) is 0.